The number of hydrogen-bond donors (Lipinski definition) is 0. The molecule has 1 nitrogen and oxygen atoms in total. The van der Waals surface area contributed by atoms with Crippen LogP contribution in [0.15, 0.2) is 224 Å². The van der Waals surface area contributed by atoms with Crippen molar-refractivity contribution in [3.8, 4) is 44.5 Å². The van der Waals surface area contributed by atoms with Crippen LogP contribution in [-0.2, 0) is 0 Å². The number of nitrogens with zero attached hydrogens (tertiary/aromatic N) is 1. The predicted molar refractivity (Wildman–Crippen MR) is 235 cm³/mol. The van der Waals surface area contributed by atoms with Gasteiger partial charge in [0.05, 0.1) is 5.69 Å². The van der Waals surface area contributed by atoms with Crippen LogP contribution < -0.4 is 4.90 Å². The number of fused-ring (bicyclic) bond motifs is 5. The Labute approximate surface area is 322 Å². The van der Waals surface area contributed by atoms with Crippen molar-refractivity contribution in [2.45, 2.75) is 0 Å². The molecule has 0 aliphatic rings. The summed E-state index contributed by atoms with van der Waals surface area (Å²) in [7, 11) is 0. The van der Waals surface area contributed by atoms with Gasteiger partial charge in [0.1, 0.15) is 0 Å². The average Bonchev–Trinajstić information content (AvgIpc) is 3.27. The molecule has 1 heteroatoms. The number of benzene rings is 10. The molecule has 0 radical (unpaired) electrons. The molecule has 55 heavy (non-hydrogen) atoms. The summed E-state index contributed by atoms with van der Waals surface area (Å²) >= 11 is 0. The molecule has 0 heterocycles. The molecule has 258 valence electrons. The molecule has 0 atom stereocenters. The van der Waals surface area contributed by atoms with E-state index < -0.39 is 0 Å². The van der Waals surface area contributed by atoms with Crippen molar-refractivity contribution in [1.82, 2.24) is 0 Å². The monoisotopic (exact) mass is 699 g/mol. The van der Waals surface area contributed by atoms with Gasteiger partial charge in [0.15, 0.2) is 0 Å². The lowest BCUT2D eigenvalue weighted by molar-refractivity contribution is 1.28. The second kappa shape index (κ2) is 14.0. The van der Waals surface area contributed by atoms with E-state index in [0.29, 0.717) is 0 Å². The first kappa shape index (κ1) is 32.4. The van der Waals surface area contributed by atoms with Gasteiger partial charge in [-0.2, -0.15) is 0 Å². The smallest absolute Gasteiger partial charge is 0.0540 e. The van der Waals surface area contributed by atoms with E-state index in [1.807, 2.05) is 0 Å². The van der Waals surface area contributed by atoms with Gasteiger partial charge in [0.25, 0.3) is 0 Å². The first-order valence-electron chi connectivity index (χ1n) is 18.9. The van der Waals surface area contributed by atoms with Crippen LogP contribution in [0.25, 0.3) is 76.8 Å². The highest BCUT2D eigenvalue weighted by atomic mass is 15.1. The van der Waals surface area contributed by atoms with E-state index in [2.05, 4.69) is 229 Å². The third-order valence-corrected chi connectivity index (χ3v) is 10.9. The highest BCUT2D eigenvalue weighted by Crippen LogP contribution is 2.42. The Morgan fingerprint density at radius 3 is 1.29 bits per heavy atom. The summed E-state index contributed by atoms with van der Waals surface area (Å²) in [5.74, 6) is 0. The summed E-state index contributed by atoms with van der Waals surface area (Å²) in [5.41, 5.74) is 12.9. The van der Waals surface area contributed by atoms with Gasteiger partial charge in [0.2, 0.25) is 0 Å². The number of anilines is 3. The fourth-order valence-corrected chi connectivity index (χ4v) is 8.06. The predicted octanol–water partition coefficient (Wildman–Crippen LogP) is 15.3. The summed E-state index contributed by atoms with van der Waals surface area (Å²) in [5, 5.41) is 7.69. The number of hydrogen-bond acceptors (Lipinski definition) is 1. The molecule has 10 rings (SSSR count). The molecule has 10 aromatic carbocycles. The second-order valence-corrected chi connectivity index (χ2v) is 14.1. The fourth-order valence-electron chi connectivity index (χ4n) is 8.06. The topological polar surface area (TPSA) is 3.24 Å². The average molecular weight is 700 g/mol. The lowest BCUT2D eigenvalue weighted by Crippen LogP contribution is -2.11. The quantitative estimate of drug-likeness (QED) is 0.150. The Bertz CT molecular complexity index is 2930. The van der Waals surface area contributed by atoms with Gasteiger partial charge in [-0.15, -0.1) is 0 Å². The molecule has 0 fully saturated rings. The van der Waals surface area contributed by atoms with Crippen molar-refractivity contribution in [2.24, 2.45) is 0 Å². The van der Waals surface area contributed by atoms with Crippen molar-refractivity contribution in [2.75, 3.05) is 4.90 Å². The van der Waals surface area contributed by atoms with E-state index in [4.69, 9.17) is 0 Å². The lowest BCUT2D eigenvalue weighted by atomic mass is 9.94. The van der Waals surface area contributed by atoms with E-state index in [-0.39, 0.29) is 0 Å². The van der Waals surface area contributed by atoms with E-state index in [1.54, 1.807) is 0 Å². The van der Waals surface area contributed by atoms with Crippen molar-refractivity contribution < 1.29 is 0 Å². The minimum Gasteiger partial charge on any atom is -0.310 e. The molecule has 0 aliphatic heterocycles. The van der Waals surface area contributed by atoms with Gasteiger partial charge in [0, 0.05) is 16.9 Å². The van der Waals surface area contributed by atoms with Crippen LogP contribution in [0.3, 0.4) is 0 Å². The second-order valence-electron chi connectivity index (χ2n) is 14.1. The minimum absolute atomic E-state index is 1.10. The maximum atomic E-state index is 2.38. The van der Waals surface area contributed by atoms with E-state index in [9.17, 15) is 0 Å². The van der Waals surface area contributed by atoms with Crippen molar-refractivity contribution in [3.05, 3.63) is 224 Å². The lowest BCUT2D eigenvalue weighted by Gasteiger charge is -2.28. The summed E-state index contributed by atoms with van der Waals surface area (Å²) in [4.78, 5) is 2.38. The van der Waals surface area contributed by atoms with Crippen molar-refractivity contribution >= 4 is 49.4 Å². The number of rotatable bonds is 7. The van der Waals surface area contributed by atoms with Gasteiger partial charge in [-0.3, -0.25) is 0 Å². The van der Waals surface area contributed by atoms with Crippen LogP contribution >= 0.6 is 0 Å². The molecule has 0 amide bonds. The van der Waals surface area contributed by atoms with Crippen LogP contribution in [0, 0.1) is 0 Å². The molecule has 0 aromatic heterocycles. The van der Waals surface area contributed by atoms with Crippen LogP contribution in [-0.4, -0.2) is 0 Å². The van der Waals surface area contributed by atoms with E-state index in [1.165, 1.54) is 76.8 Å². The molecule has 0 saturated carbocycles. The zero-order valence-electron chi connectivity index (χ0n) is 30.3. The Kier molecular flexibility index (Phi) is 8.24. The Balaban J connectivity index is 1.02. The molecular formula is C54H37N. The summed E-state index contributed by atoms with van der Waals surface area (Å²) < 4.78 is 0. The van der Waals surface area contributed by atoms with Crippen LogP contribution in [0.1, 0.15) is 0 Å². The Morgan fingerprint density at radius 1 is 0.236 bits per heavy atom. The standard InChI is InChI=1S/C54H37N/c1-3-11-38(12-4-1)39-19-21-40(22-20-39)41-23-30-47(31-24-41)55(54-18-10-9-17-51(54)43-13-5-2-6-14-43)48-32-25-42(26-33-48)45-28-34-50-46(37-45)29-36-52-49-16-8-7-15-44(49)27-35-53(50)52/h1-37H. The van der Waals surface area contributed by atoms with Crippen LogP contribution in [0.2, 0.25) is 0 Å². The van der Waals surface area contributed by atoms with Crippen molar-refractivity contribution in [3.63, 3.8) is 0 Å². The molecule has 0 aliphatic carbocycles. The van der Waals surface area contributed by atoms with Crippen LogP contribution in [0.5, 0.6) is 0 Å². The Morgan fingerprint density at radius 2 is 0.655 bits per heavy atom. The molecule has 0 spiro atoms. The van der Waals surface area contributed by atoms with Gasteiger partial charge in [-0.1, -0.05) is 188 Å². The van der Waals surface area contributed by atoms with Gasteiger partial charge < -0.3 is 4.90 Å². The highest BCUT2D eigenvalue weighted by molar-refractivity contribution is 6.17. The normalized spacial score (nSPS) is 11.3. The molecule has 0 saturated heterocycles. The maximum absolute atomic E-state index is 2.38. The van der Waals surface area contributed by atoms with E-state index >= 15 is 0 Å². The Hall–Kier alpha value is -7.22. The zero-order valence-corrected chi connectivity index (χ0v) is 30.3. The molecule has 0 unspecified atom stereocenters. The molecule has 0 bridgehead atoms. The van der Waals surface area contributed by atoms with Gasteiger partial charge in [-0.25, -0.2) is 0 Å². The molecule has 10 aromatic rings. The molecular weight excluding hydrogens is 663 g/mol. The third-order valence-electron chi connectivity index (χ3n) is 10.9. The van der Waals surface area contributed by atoms with Gasteiger partial charge in [-0.05, 0) is 108 Å². The SMILES string of the molecule is c1ccc(-c2ccc(-c3ccc(N(c4ccc(-c5ccc6c(ccc7c8ccccc8ccc67)c5)cc4)c4ccccc4-c4ccccc4)cc3)cc2)cc1. The first-order valence-corrected chi connectivity index (χ1v) is 18.9. The minimum atomic E-state index is 1.10. The zero-order chi connectivity index (χ0) is 36.6. The van der Waals surface area contributed by atoms with Crippen LogP contribution in [0.4, 0.5) is 17.1 Å². The third kappa shape index (κ3) is 6.12. The van der Waals surface area contributed by atoms with Crippen molar-refractivity contribution in [1.29, 1.82) is 0 Å². The first-order chi connectivity index (χ1) is 27.3. The number of para-hydroxylation sites is 1. The summed E-state index contributed by atoms with van der Waals surface area (Å²) in [6, 6.07) is 81.3. The van der Waals surface area contributed by atoms with E-state index in [0.717, 1.165) is 17.1 Å². The largest absolute Gasteiger partial charge is 0.310 e. The summed E-state index contributed by atoms with van der Waals surface area (Å²) in [6.07, 6.45) is 0. The summed E-state index contributed by atoms with van der Waals surface area (Å²) in [6.45, 7) is 0. The molecule has 0 N–H and O–H groups in total. The highest BCUT2D eigenvalue weighted by Gasteiger charge is 2.18. The maximum Gasteiger partial charge on any atom is 0.0540 e. The fraction of sp³-hybridized carbons (Fsp3) is 0. The van der Waals surface area contributed by atoms with Gasteiger partial charge >= 0.3 is 0 Å².